The first-order chi connectivity index (χ1) is 14.7. The van der Waals surface area contributed by atoms with E-state index in [2.05, 4.69) is 20.0 Å². The zero-order valence-corrected chi connectivity index (χ0v) is 16.7. The first-order valence-electron chi connectivity index (χ1n) is 9.85. The predicted octanol–water partition coefficient (Wildman–Crippen LogP) is 4.33. The highest BCUT2D eigenvalue weighted by Gasteiger charge is 2.30. The van der Waals surface area contributed by atoms with Gasteiger partial charge in [0.25, 0.3) is 0 Å². The molecule has 2 aliphatic rings. The number of nitrogens with zero attached hydrogens (tertiary/aromatic N) is 4. The van der Waals surface area contributed by atoms with Gasteiger partial charge in [0.15, 0.2) is 11.5 Å². The van der Waals surface area contributed by atoms with Crippen molar-refractivity contribution in [2.75, 3.05) is 13.3 Å². The summed E-state index contributed by atoms with van der Waals surface area (Å²) >= 11 is 6.11. The van der Waals surface area contributed by atoms with E-state index in [0.717, 1.165) is 47.6 Å². The highest BCUT2D eigenvalue weighted by molar-refractivity contribution is 6.31. The van der Waals surface area contributed by atoms with Crippen LogP contribution in [-0.2, 0) is 6.54 Å². The second-order valence-corrected chi connectivity index (χ2v) is 7.93. The summed E-state index contributed by atoms with van der Waals surface area (Å²) < 4.78 is 16.3. The van der Waals surface area contributed by atoms with E-state index in [1.54, 1.807) is 0 Å². The van der Waals surface area contributed by atoms with Crippen molar-refractivity contribution in [2.45, 2.75) is 25.4 Å². The Kier molecular flexibility index (Phi) is 4.14. The van der Waals surface area contributed by atoms with E-state index in [4.69, 9.17) is 30.6 Å². The van der Waals surface area contributed by atoms with Crippen molar-refractivity contribution in [1.82, 2.24) is 25.0 Å². The Labute approximate surface area is 176 Å². The first-order valence-corrected chi connectivity index (χ1v) is 10.2. The van der Waals surface area contributed by atoms with Crippen LogP contribution >= 0.6 is 11.6 Å². The molecule has 4 aromatic rings. The van der Waals surface area contributed by atoms with Crippen LogP contribution in [0.1, 0.15) is 30.6 Å². The number of imidazole rings is 1. The molecule has 9 heteroatoms. The number of nitrogens with one attached hydrogen (secondary N) is 1. The van der Waals surface area contributed by atoms with Gasteiger partial charge in [0.1, 0.15) is 5.82 Å². The number of benzene rings is 2. The maximum absolute atomic E-state index is 6.11. The molecular formula is C21H18ClN5O3. The molecule has 2 aliphatic heterocycles. The Morgan fingerprint density at radius 2 is 2.03 bits per heavy atom. The zero-order valence-electron chi connectivity index (χ0n) is 16.0. The fourth-order valence-corrected chi connectivity index (χ4v) is 4.30. The molecule has 1 saturated heterocycles. The number of fused-ring (bicyclic) bond motifs is 2. The van der Waals surface area contributed by atoms with Crippen molar-refractivity contribution in [3.63, 3.8) is 0 Å². The number of hydrogen-bond donors (Lipinski definition) is 1. The van der Waals surface area contributed by atoms with Crippen LogP contribution in [0.15, 0.2) is 40.9 Å². The fourth-order valence-electron chi connectivity index (χ4n) is 4.13. The Morgan fingerprint density at radius 3 is 3.00 bits per heavy atom. The number of aromatic nitrogens is 4. The van der Waals surface area contributed by atoms with E-state index in [1.165, 1.54) is 0 Å². The molecule has 8 nitrogen and oxygen atoms in total. The molecule has 30 heavy (non-hydrogen) atoms. The summed E-state index contributed by atoms with van der Waals surface area (Å²) in [5.74, 6) is 3.49. The zero-order chi connectivity index (χ0) is 20.1. The molecule has 1 N–H and O–H groups in total. The van der Waals surface area contributed by atoms with Crippen LogP contribution in [0.5, 0.6) is 11.5 Å². The summed E-state index contributed by atoms with van der Waals surface area (Å²) in [5, 5.41) is 4.85. The van der Waals surface area contributed by atoms with Crippen molar-refractivity contribution in [2.24, 2.45) is 0 Å². The molecule has 0 aliphatic carbocycles. The topological polar surface area (TPSA) is 89.3 Å². The van der Waals surface area contributed by atoms with Crippen molar-refractivity contribution in [3.05, 3.63) is 53.1 Å². The number of hydrogen-bond acceptors (Lipinski definition) is 7. The lowest BCUT2D eigenvalue weighted by Crippen LogP contribution is -2.23. The van der Waals surface area contributed by atoms with Crippen molar-refractivity contribution >= 4 is 22.6 Å². The summed E-state index contributed by atoms with van der Waals surface area (Å²) in [7, 11) is 0. The summed E-state index contributed by atoms with van der Waals surface area (Å²) in [4.78, 5) is 15.1. The third kappa shape index (κ3) is 3.09. The standard InChI is InChI=1S/C21H18ClN5O3/c22-13-4-5-14-15(9-13)24-21(23-14)16-2-1-7-27(16)10-19-25-20(26-30-19)12-3-6-17-18(8-12)29-11-28-17/h3-6,8-9,16H,1-2,7,10-11H2,(H,23,24)/t16-/m0/s1. The first kappa shape index (κ1) is 17.7. The highest BCUT2D eigenvalue weighted by atomic mass is 35.5. The van der Waals surface area contributed by atoms with E-state index in [-0.39, 0.29) is 12.8 Å². The van der Waals surface area contributed by atoms with Gasteiger partial charge in [-0.2, -0.15) is 4.98 Å². The molecule has 0 spiro atoms. The Morgan fingerprint density at radius 1 is 1.10 bits per heavy atom. The van der Waals surface area contributed by atoms with E-state index >= 15 is 0 Å². The van der Waals surface area contributed by atoms with Crippen molar-refractivity contribution < 1.29 is 14.0 Å². The summed E-state index contributed by atoms with van der Waals surface area (Å²) in [6.07, 6.45) is 2.11. The van der Waals surface area contributed by atoms with Gasteiger partial charge in [0.05, 0.1) is 23.6 Å². The van der Waals surface area contributed by atoms with Crippen LogP contribution in [0.25, 0.3) is 22.4 Å². The largest absolute Gasteiger partial charge is 0.454 e. The number of H-pyrrole nitrogens is 1. The van der Waals surface area contributed by atoms with Gasteiger partial charge in [-0.1, -0.05) is 16.8 Å². The molecule has 4 heterocycles. The van der Waals surface area contributed by atoms with Crippen LogP contribution < -0.4 is 9.47 Å². The SMILES string of the molecule is Clc1ccc2nc([C@@H]3CCCN3Cc3nc(-c4ccc5c(c4)OCO5)no3)[nH]c2c1. The molecule has 1 atom stereocenters. The van der Waals surface area contributed by atoms with Crippen molar-refractivity contribution in [1.29, 1.82) is 0 Å². The van der Waals surface area contributed by atoms with E-state index in [1.807, 2.05) is 36.4 Å². The minimum atomic E-state index is 0.178. The molecule has 0 bridgehead atoms. The summed E-state index contributed by atoms with van der Waals surface area (Å²) in [5.41, 5.74) is 2.71. The fraction of sp³-hybridized carbons (Fsp3) is 0.286. The molecule has 6 rings (SSSR count). The Hall–Kier alpha value is -3.10. The third-order valence-corrected chi connectivity index (χ3v) is 5.81. The van der Waals surface area contributed by atoms with Gasteiger partial charge in [-0.3, -0.25) is 4.90 Å². The minimum absolute atomic E-state index is 0.178. The van der Waals surface area contributed by atoms with Gasteiger partial charge >= 0.3 is 0 Å². The smallest absolute Gasteiger partial charge is 0.241 e. The van der Waals surface area contributed by atoms with E-state index in [9.17, 15) is 0 Å². The van der Waals surface area contributed by atoms with E-state index in [0.29, 0.717) is 29.0 Å². The van der Waals surface area contributed by atoms with Crippen LogP contribution in [-0.4, -0.2) is 38.3 Å². The van der Waals surface area contributed by atoms with E-state index < -0.39 is 0 Å². The van der Waals surface area contributed by atoms with Gasteiger partial charge in [0.2, 0.25) is 18.5 Å². The molecule has 0 unspecified atom stereocenters. The third-order valence-electron chi connectivity index (χ3n) is 5.58. The average molecular weight is 424 g/mol. The maximum Gasteiger partial charge on any atom is 0.241 e. The molecule has 0 amide bonds. The van der Waals surface area contributed by atoms with Crippen LogP contribution in [0, 0.1) is 0 Å². The van der Waals surface area contributed by atoms with Gasteiger partial charge in [0, 0.05) is 10.6 Å². The number of likely N-dealkylation sites (tertiary alicyclic amines) is 1. The minimum Gasteiger partial charge on any atom is -0.454 e. The van der Waals surface area contributed by atoms with Crippen molar-refractivity contribution in [3.8, 4) is 22.9 Å². The second-order valence-electron chi connectivity index (χ2n) is 7.49. The molecule has 0 saturated carbocycles. The van der Waals surface area contributed by atoms with Crippen LogP contribution in [0.4, 0.5) is 0 Å². The molecule has 1 fully saturated rings. The molecule has 2 aromatic heterocycles. The highest BCUT2D eigenvalue weighted by Crippen LogP contribution is 2.36. The normalized spacial score (nSPS) is 18.5. The lowest BCUT2D eigenvalue weighted by molar-refractivity contribution is 0.174. The average Bonchev–Trinajstić information content (AvgIpc) is 3.53. The van der Waals surface area contributed by atoms with Crippen LogP contribution in [0.3, 0.4) is 0 Å². The lowest BCUT2D eigenvalue weighted by atomic mass is 10.2. The van der Waals surface area contributed by atoms with Crippen LogP contribution in [0.2, 0.25) is 5.02 Å². The van der Waals surface area contributed by atoms with Gasteiger partial charge < -0.3 is 19.0 Å². The quantitative estimate of drug-likeness (QED) is 0.522. The Balaban J connectivity index is 1.23. The molecule has 152 valence electrons. The number of halogens is 1. The maximum atomic E-state index is 6.11. The predicted molar refractivity (Wildman–Crippen MR) is 109 cm³/mol. The number of aromatic amines is 1. The lowest BCUT2D eigenvalue weighted by Gasteiger charge is -2.20. The molecule has 0 radical (unpaired) electrons. The molecular weight excluding hydrogens is 406 g/mol. The molecule has 2 aromatic carbocycles. The second kappa shape index (κ2) is 7.00. The summed E-state index contributed by atoms with van der Waals surface area (Å²) in [6, 6.07) is 11.5. The Bertz CT molecular complexity index is 1240. The van der Waals surface area contributed by atoms with Gasteiger partial charge in [-0.15, -0.1) is 0 Å². The summed E-state index contributed by atoms with van der Waals surface area (Å²) in [6.45, 7) is 1.75. The van der Waals surface area contributed by atoms with Gasteiger partial charge in [-0.05, 0) is 55.8 Å². The van der Waals surface area contributed by atoms with Gasteiger partial charge in [-0.25, -0.2) is 4.98 Å². The number of ether oxygens (including phenoxy) is 2. The number of rotatable bonds is 4. The monoisotopic (exact) mass is 423 g/mol.